The Morgan fingerprint density at radius 2 is 2.06 bits per heavy atom. The van der Waals surface area contributed by atoms with Crippen molar-refractivity contribution in [3.05, 3.63) is 23.3 Å². The summed E-state index contributed by atoms with van der Waals surface area (Å²) in [6.45, 7) is 2.23. The van der Waals surface area contributed by atoms with Crippen LogP contribution in [0.5, 0.6) is 0 Å². The number of aryl methyl sites for hydroxylation is 2. The van der Waals surface area contributed by atoms with E-state index in [0.717, 1.165) is 23.9 Å². The molecule has 1 aromatic heterocycles. The minimum Gasteiger partial charge on any atom is -0.258 e. The molecule has 0 atom stereocenters. The van der Waals surface area contributed by atoms with Crippen LogP contribution >= 0.6 is 11.6 Å². The molecule has 1 aromatic carbocycles. The zero-order valence-electron chi connectivity index (χ0n) is 10.9. The normalized spacial score (nSPS) is 11.2. The Morgan fingerprint density at radius 1 is 1.17 bits per heavy atom. The molecule has 0 aliphatic carbocycles. The van der Waals surface area contributed by atoms with Crippen molar-refractivity contribution < 1.29 is 0 Å². The van der Waals surface area contributed by atoms with Gasteiger partial charge < -0.3 is 0 Å². The third-order valence-corrected chi connectivity index (χ3v) is 3.53. The van der Waals surface area contributed by atoms with E-state index in [0.29, 0.717) is 5.88 Å². The largest absolute Gasteiger partial charge is 0.258 e. The summed E-state index contributed by atoms with van der Waals surface area (Å²) in [7, 11) is 0. The highest BCUT2D eigenvalue weighted by molar-refractivity contribution is 6.18. The molecule has 0 radical (unpaired) electrons. The molecule has 0 bridgehead atoms. The summed E-state index contributed by atoms with van der Waals surface area (Å²) in [5.74, 6) is 0.658. The van der Waals surface area contributed by atoms with E-state index in [1.54, 1.807) is 0 Å². The fraction of sp³-hybridized carbons (Fsp3) is 0.571. The van der Waals surface area contributed by atoms with E-state index >= 15 is 0 Å². The number of hydrogen-bond donors (Lipinski definition) is 1. The first kappa shape index (κ1) is 13.3. The van der Waals surface area contributed by atoms with Gasteiger partial charge in [0.15, 0.2) is 0 Å². The van der Waals surface area contributed by atoms with Gasteiger partial charge in [0.05, 0.1) is 5.52 Å². The summed E-state index contributed by atoms with van der Waals surface area (Å²) in [4.78, 5) is 0. The lowest BCUT2D eigenvalue weighted by Crippen LogP contribution is -1.97. The number of nitrogens with zero attached hydrogens (tertiary/aromatic N) is 2. The van der Waals surface area contributed by atoms with Crippen molar-refractivity contribution in [2.24, 2.45) is 0 Å². The smallest absolute Gasteiger partial charge is 0.116 e. The van der Waals surface area contributed by atoms with E-state index in [1.807, 2.05) is 6.07 Å². The lowest BCUT2D eigenvalue weighted by molar-refractivity contribution is 0.666. The molecule has 0 fully saturated rings. The number of hydrogen-bond acceptors (Lipinski definition) is 2. The van der Waals surface area contributed by atoms with Crippen molar-refractivity contribution in [3.8, 4) is 0 Å². The van der Waals surface area contributed by atoms with Crippen LogP contribution in [0, 0.1) is 0 Å². The van der Waals surface area contributed by atoms with Crippen molar-refractivity contribution in [3.63, 3.8) is 0 Å². The number of fused-ring (bicyclic) bond motifs is 1. The molecular weight excluding hydrogens is 246 g/mol. The van der Waals surface area contributed by atoms with Crippen molar-refractivity contribution in [1.82, 2.24) is 15.4 Å². The molecule has 0 aliphatic rings. The van der Waals surface area contributed by atoms with Crippen LogP contribution in [0.2, 0.25) is 0 Å². The van der Waals surface area contributed by atoms with Gasteiger partial charge in [-0.3, -0.25) is 5.10 Å². The molecule has 18 heavy (non-hydrogen) atoms. The summed E-state index contributed by atoms with van der Waals surface area (Å²) < 4.78 is 0. The Hall–Kier alpha value is -1.09. The van der Waals surface area contributed by atoms with Gasteiger partial charge in [-0.05, 0) is 36.5 Å². The minimum atomic E-state index is 0.658. The van der Waals surface area contributed by atoms with Crippen LogP contribution in [-0.4, -0.2) is 21.3 Å². The summed E-state index contributed by atoms with van der Waals surface area (Å²) in [5, 5.41) is 11.0. The van der Waals surface area contributed by atoms with Crippen LogP contribution in [0.4, 0.5) is 0 Å². The second-order valence-electron chi connectivity index (χ2n) is 4.66. The number of aromatic amines is 1. The van der Waals surface area contributed by atoms with Gasteiger partial charge in [0.2, 0.25) is 0 Å². The lowest BCUT2D eigenvalue weighted by atomic mass is 9.98. The van der Waals surface area contributed by atoms with E-state index in [-0.39, 0.29) is 0 Å². The molecule has 1 heterocycles. The molecule has 2 rings (SSSR count). The predicted octanol–water partition coefficient (Wildman–Crippen LogP) is 3.86. The van der Waals surface area contributed by atoms with Gasteiger partial charge in [-0.15, -0.1) is 16.7 Å². The van der Waals surface area contributed by atoms with Crippen molar-refractivity contribution in [2.75, 3.05) is 5.88 Å². The van der Waals surface area contributed by atoms with Gasteiger partial charge in [-0.1, -0.05) is 37.5 Å². The summed E-state index contributed by atoms with van der Waals surface area (Å²) in [5.41, 5.74) is 4.70. The van der Waals surface area contributed by atoms with E-state index in [2.05, 4.69) is 28.4 Å². The van der Waals surface area contributed by atoms with E-state index in [4.69, 9.17) is 11.6 Å². The van der Waals surface area contributed by atoms with Crippen LogP contribution in [0.3, 0.4) is 0 Å². The minimum absolute atomic E-state index is 0.658. The molecule has 0 spiro atoms. The maximum absolute atomic E-state index is 5.87. The quantitative estimate of drug-likeness (QED) is 0.610. The number of nitrogens with one attached hydrogen (secondary N) is 1. The lowest BCUT2D eigenvalue weighted by Gasteiger charge is -2.08. The van der Waals surface area contributed by atoms with Crippen molar-refractivity contribution in [2.45, 2.75) is 45.4 Å². The summed E-state index contributed by atoms with van der Waals surface area (Å²) in [6.07, 6.45) is 7.06. The van der Waals surface area contributed by atoms with Crippen LogP contribution in [0.15, 0.2) is 12.1 Å². The highest BCUT2D eigenvalue weighted by Crippen LogP contribution is 2.22. The highest BCUT2D eigenvalue weighted by Gasteiger charge is 2.10. The molecule has 98 valence electrons. The van der Waals surface area contributed by atoms with Gasteiger partial charge in [0.25, 0.3) is 0 Å². The molecule has 4 heteroatoms. The Kier molecular flexibility index (Phi) is 5.00. The number of alkyl halides is 1. The predicted molar refractivity (Wildman–Crippen MR) is 76.2 cm³/mol. The Balaban J connectivity index is 2.19. The first-order chi connectivity index (χ1) is 8.86. The van der Waals surface area contributed by atoms with E-state index in [9.17, 15) is 0 Å². The number of H-pyrrole nitrogens is 1. The molecule has 2 aromatic rings. The second-order valence-corrected chi connectivity index (χ2v) is 5.04. The molecule has 1 N–H and O–H groups in total. The first-order valence-electron chi connectivity index (χ1n) is 6.74. The fourth-order valence-corrected chi connectivity index (χ4v) is 2.56. The Bertz CT molecular complexity index is 493. The average Bonchev–Trinajstić information content (AvgIpc) is 2.85. The molecular formula is C14H20ClN3. The third-order valence-electron chi connectivity index (χ3n) is 3.34. The Morgan fingerprint density at radius 3 is 2.83 bits per heavy atom. The topological polar surface area (TPSA) is 41.6 Å². The molecule has 0 saturated heterocycles. The van der Waals surface area contributed by atoms with Gasteiger partial charge in [-0.2, -0.15) is 0 Å². The fourth-order valence-electron chi connectivity index (χ4n) is 2.35. The molecule has 0 aliphatic heterocycles. The van der Waals surface area contributed by atoms with Gasteiger partial charge >= 0.3 is 0 Å². The number of aromatic nitrogens is 3. The van der Waals surface area contributed by atoms with Gasteiger partial charge in [-0.25, -0.2) is 0 Å². The van der Waals surface area contributed by atoms with Gasteiger partial charge in [0, 0.05) is 5.88 Å². The molecule has 0 amide bonds. The maximum Gasteiger partial charge on any atom is 0.116 e. The average molecular weight is 266 g/mol. The van der Waals surface area contributed by atoms with E-state index < -0.39 is 0 Å². The molecule has 0 saturated carbocycles. The number of halogens is 1. The number of unbranched alkanes of at least 4 members (excludes halogenated alkanes) is 3. The Labute approximate surface area is 113 Å². The van der Waals surface area contributed by atoms with E-state index in [1.165, 1.54) is 36.8 Å². The van der Waals surface area contributed by atoms with Crippen LogP contribution in [-0.2, 0) is 12.8 Å². The van der Waals surface area contributed by atoms with Crippen molar-refractivity contribution >= 4 is 22.6 Å². The highest BCUT2D eigenvalue weighted by atomic mass is 35.5. The van der Waals surface area contributed by atoms with Crippen LogP contribution in [0.25, 0.3) is 11.0 Å². The molecule has 0 unspecified atom stereocenters. The summed E-state index contributed by atoms with van der Waals surface area (Å²) in [6, 6.07) is 4.20. The third kappa shape index (κ3) is 3.02. The zero-order chi connectivity index (χ0) is 12.8. The monoisotopic (exact) mass is 265 g/mol. The van der Waals surface area contributed by atoms with Crippen LogP contribution < -0.4 is 0 Å². The van der Waals surface area contributed by atoms with Gasteiger partial charge in [0.1, 0.15) is 5.52 Å². The molecule has 3 nitrogen and oxygen atoms in total. The standard InChI is InChI=1S/C14H20ClN3/c1-2-3-4-5-6-12-11(9-10-15)7-8-13-14(12)17-18-16-13/h7-8H,2-6,9-10H2,1H3,(H,16,17,18). The first-order valence-corrected chi connectivity index (χ1v) is 7.27. The maximum atomic E-state index is 5.87. The van der Waals surface area contributed by atoms with Crippen molar-refractivity contribution in [1.29, 1.82) is 0 Å². The van der Waals surface area contributed by atoms with Crippen LogP contribution in [0.1, 0.15) is 43.7 Å². The zero-order valence-corrected chi connectivity index (χ0v) is 11.6. The number of rotatable bonds is 7. The number of benzene rings is 1. The SMILES string of the molecule is CCCCCCc1c(CCCl)ccc2[nH]nnc12. The second kappa shape index (κ2) is 6.74. The summed E-state index contributed by atoms with van der Waals surface area (Å²) >= 11 is 5.87.